The Labute approximate surface area is 459 Å². The van der Waals surface area contributed by atoms with Gasteiger partial charge < -0.3 is 49.0 Å². The molecule has 0 spiro atoms. The van der Waals surface area contributed by atoms with Crippen LogP contribution >= 0.6 is 11.6 Å². The van der Waals surface area contributed by atoms with Gasteiger partial charge in [0.15, 0.2) is 17.0 Å². The standard InChI is InChI=1S/C58H65ClN14O5/c1-6-42(64-56-66-52(51-54(67-56)73(36-63-51)37(2)3)62-30-39-18-20-40(21-19-39)47-16-7-8-25-61-47)34-78-58(75)77-33-38(4)55(74)72-29-28-71(31-43(72)22-24-60)53-45-23-27-70(49-17-10-13-41-12-9-15-46(59)50(41)49)32-48(45)65-57(68-53)76-35-44-14-11-26-69(44)5/h7-10,12-13,15-21,25,36-37,42-44H,4,6,11,14,22-23,26-35H2,1-3,5H3,(H2,62,64,66,67)/t42-,43+,44+/m1/s1. The van der Waals surface area contributed by atoms with Crippen LogP contribution in [0.4, 0.5) is 28.1 Å². The summed E-state index contributed by atoms with van der Waals surface area (Å²) >= 11 is 6.80. The number of likely N-dealkylation sites (tertiary alicyclic amines) is 1. The molecule has 3 aliphatic heterocycles. The lowest BCUT2D eigenvalue weighted by Crippen LogP contribution is -2.56. The van der Waals surface area contributed by atoms with E-state index in [9.17, 15) is 14.9 Å². The van der Waals surface area contributed by atoms with Crippen LogP contribution in [-0.4, -0.2) is 134 Å². The maximum Gasteiger partial charge on any atom is 0.508 e. The minimum absolute atomic E-state index is 0.0572. The van der Waals surface area contributed by atoms with Crippen LogP contribution in [-0.2, 0) is 33.8 Å². The van der Waals surface area contributed by atoms with Crippen molar-refractivity contribution in [1.29, 1.82) is 5.26 Å². The first-order valence-corrected chi connectivity index (χ1v) is 27.1. The zero-order valence-corrected chi connectivity index (χ0v) is 45.3. The second-order valence-electron chi connectivity index (χ2n) is 20.4. The summed E-state index contributed by atoms with van der Waals surface area (Å²) in [5.74, 6) is 1.23. The highest BCUT2D eigenvalue weighted by Crippen LogP contribution is 2.38. The van der Waals surface area contributed by atoms with E-state index in [2.05, 4.69) is 105 Å². The van der Waals surface area contributed by atoms with E-state index in [0.29, 0.717) is 86.1 Å². The number of pyridine rings is 1. The van der Waals surface area contributed by atoms with Crippen molar-refractivity contribution in [3.05, 3.63) is 125 Å². The maximum atomic E-state index is 14.1. The average Bonchev–Trinajstić information content (AvgIpc) is 4.12. The number of fused-ring (bicyclic) bond motifs is 3. The molecule has 7 heterocycles. The maximum absolute atomic E-state index is 14.1. The molecule has 0 saturated carbocycles. The van der Waals surface area contributed by atoms with Gasteiger partial charge in [-0.1, -0.05) is 79.7 Å². The fourth-order valence-electron chi connectivity index (χ4n) is 10.5. The summed E-state index contributed by atoms with van der Waals surface area (Å²) in [5.41, 5.74) is 7.22. The van der Waals surface area contributed by atoms with E-state index in [-0.39, 0.29) is 43.3 Å². The highest BCUT2D eigenvalue weighted by Gasteiger charge is 2.35. The first-order chi connectivity index (χ1) is 37.9. The van der Waals surface area contributed by atoms with Gasteiger partial charge in [-0.15, -0.1) is 0 Å². The van der Waals surface area contributed by atoms with Crippen LogP contribution in [0.2, 0.25) is 5.02 Å². The Bertz CT molecular complexity index is 3330. The Morgan fingerprint density at radius 1 is 0.923 bits per heavy atom. The molecule has 2 saturated heterocycles. The molecule has 4 aromatic heterocycles. The van der Waals surface area contributed by atoms with Gasteiger partial charge in [0.05, 0.1) is 53.9 Å². The molecule has 2 N–H and O–H groups in total. The normalized spacial score (nSPS) is 17.0. The van der Waals surface area contributed by atoms with Crippen molar-refractivity contribution in [2.45, 2.75) is 90.1 Å². The number of carbonyl (C=O) groups excluding carboxylic acids is 2. The summed E-state index contributed by atoms with van der Waals surface area (Å²) in [4.78, 5) is 64.4. The average molecular weight is 1070 g/mol. The van der Waals surface area contributed by atoms with Crippen molar-refractivity contribution in [2.75, 3.05) is 80.0 Å². The summed E-state index contributed by atoms with van der Waals surface area (Å²) in [5, 5.41) is 19.6. The number of rotatable bonds is 19. The fourth-order valence-corrected chi connectivity index (χ4v) is 10.8. The highest BCUT2D eigenvalue weighted by molar-refractivity contribution is 6.36. The lowest BCUT2D eigenvalue weighted by molar-refractivity contribution is -0.130. The Hall–Kier alpha value is -8.08. The molecule has 19 nitrogen and oxygen atoms in total. The summed E-state index contributed by atoms with van der Waals surface area (Å²) in [6, 6.07) is 28.3. The molecule has 3 atom stereocenters. The van der Waals surface area contributed by atoms with Crippen LogP contribution < -0.4 is 25.2 Å². The van der Waals surface area contributed by atoms with Gasteiger partial charge in [-0.3, -0.25) is 9.78 Å². The first-order valence-electron chi connectivity index (χ1n) is 26.7. The van der Waals surface area contributed by atoms with E-state index < -0.39 is 24.7 Å². The number of ether oxygens (including phenoxy) is 3. The summed E-state index contributed by atoms with van der Waals surface area (Å²) in [6.45, 7) is 13.9. The number of aromatic nitrogens is 7. The van der Waals surface area contributed by atoms with Gasteiger partial charge in [-0.05, 0) is 88.3 Å². The predicted molar refractivity (Wildman–Crippen MR) is 302 cm³/mol. The SMILES string of the molecule is C=C(COC(=O)OC[C@@H](CC)Nc1nc(NCc2ccc(-c3ccccn3)cc2)c2ncn(C(C)C)c2n1)C(=O)N1CCN(c2nc(OC[C@@H]3CCCN3C)nc3c2CCN(c2cccc4cccc(Cl)c24)C3)C[C@@H]1CC#N. The Kier molecular flexibility index (Phi) is 16.5. The van der Waals surface area contributed by atoms with E-state index in [0.717, 1.165) is 69.7 Å². The molecule has 3 aliphatic rings. The molecule has 1 amide bonds. The lowest BCUT2D eigenvalue weighted by atomic mass is 10.0. The third kappa shape index (κ3) is 11.9. The number of anilines is 4. The Morgan fingerprint density at radius 2 is 1.76 bits per heavy atom. The van der Waals surface area contributed by atoms with E-state index in [1.807, 2.05) is 54.0 Å². The molecule has 78 heavy (non-hydrogen) atoms. The number of likely N-dealkylation sites (N-methyl/N-ethyl adjacent to an activating group) is 1. The van der Waals surface area contributed by atoms with Crippen molar-refractivity contribution in [3.63, 3.8) is 0 Å². The van der Waals surface area contributed by atoms with E-state index in [1.54, 1.807) is 17.4 Å². The molecule has 0 bridgehead atoms. The van der Waals surface area contributed by atoms with E-state index in [1.165, 1.54) is 0 Å². The molecular weight excluding hydrogens is 1010 g/mol. The van der Waals surface area contributed by atoms with Gasteiger partial charge in [0.1, 0.15) is 25.6 Å². The predicted octanol–water partition coefficient (Wildman–Crippen LogP) is 9.24. The van der Waals surface area contributed by atoms with Crippen LogP contribution in [0.25, 0.3) is 33.2 Å². The van der Waals surface area contributed by atoms with Gasteiger partial charge >= 0.3 is 12.2 Å². The number of piperazine rings is 1. The molecule has 20 heteroatoms. The first kappa shape index (κ1) is 53.3. The summed E-state index contributed by atoms with van der Waals surface area (Å²) in [7, 11) is 2.11. The summed E-state index contributed by atoms with van der Waals surface area (Å²) in [6.07, 6.45) is 6.02. The number of benzene rings is 3. The van der Waals surface area contributed by atoms with E-state index >= 15 is 0 Å². The second-order valence-corrected chi connectivity index (χ2v) is 20.8. The number of amides is 1. The molecule has 0 unspecified atom stereocenters. The molecular formula is C58H65ClN14O5. The van der Waals surface area contributed by atoms with Gasteiger partial charge in [0, 0.05) is 78.8 Å². The molecule has 10 rings (SSSR count). The van der Waals surface area contributed by atoms with Crippen LogP contribution in [0.15, 0.2) is 104 Å². The van der Waals surface area contributed by atoms with Crippen molar-refractivity contribution in [1.82, 2.24) is 44.3 Å². The fraction of sp³-hybridized carbons (Fsp3) is 0.397. The van der Waals surface area contributed by atoms with Gasteiger partial charge in [0.25, 0.3) is 5.91 Å². The number of nitrogens with one attached hydrogen (secondary N) is 2. The second kappa shape index (κ2) is 24.1. The number of halogens is 1. The van der Waals surface area contributed by atoms with Crippen LogP contribution in [0.1, 0.15) is 69.3 Å². The van der Waals surface area contributed by atoms with Gasteiger partial charge in [0.2, 0.25) is 5.95 Å². The third-order valence-electron chi connectivity index (χ3n) is 14.9. The topological polar surface area (TPSA) is 205 Å². The van der Waals surface area contributed by atoms with Crippen LogP contribution in [0.3, 0.4) is 0 Å². The number of hydrogen-bond donors (Lipinski definition) is 2. The minimum atomic E-state index is -0.957. The number of hydrogen-bond acceptors (Lipinski definition) is 17. The molecule has 7 aromatic rings. The monoisotopic (exact) mass is 1070 g/mol. The Morgan fingerprint density at radius 3 is 2.51 bits per heavy atom. The third-order valence-corrected chi connectivity index (χ3v) is 15.2. The van der Waals surface area contributed by atoms with Crippen molar-refractivity contribution in [3.8, 4) is 23.3 Å². The highest BCUT2D eigenvalue weighted by atomic mass is 35.5. The molecule has 0 radical (unpaired) electrons. The lowest BCUT2D eigenvalue weighted by Gasteiger charge is -2.42. The van der Waals surface area contributed by atoms with Gasteiger partial charge in [-0.25, -0.2) is 9.78 Å². The number of carbonyl (C=O) groups is 2. The zero-order chi connectivity index (χ0) is 54.3. The number of imidazole rings is 1. The van der Waals surface area contributed by atoms with Crippen LogP contribution in [0.5, 0.6) is 6.01 Å². The van der Waals surface area contributed by atoms with E-state index in [4.69, 9.17) is 45.7 Å². The molecule has 404 valence electrons. The van der Waals surface area contributed by atoms with Crippen LogP contribution in [0, 0.1) is 11.3 Å². The quantitative estimate of drug-likeness (QED) is 0.0572. The largest absolute Gasteiger partial charge is 0.508 e. The molecule has 2 fully saturated rings. The molecule has 3 aromatic carbocycles. The number of nitrogens with zero attached hydrogens (tertiary/aromatic N) is 12. The van der Waals surface area contributed by atoms with Crippen molar-refractivity contribution >= 4 is 68.9 Å². The van der Waals surface area contributed by atoms with Crippen molar-refractivity contribution in [2.24, 2.45) is 0 Å². The summed E-state index contributed by atoms with van der Waals surface area (Å²) < 4.78 is 19.4. The Balaban J connectivity index is 0.765. The van der Waals surface area contributed by atoms with Gasteiger partial charge in [-0.2, -0.15) is 25.2 Å². The number of nitriles is 1. The molecule has 0 aliphatic carbocycles. The smallest absolute Gasteiger partial charge is 0.462 e. The zero-order valence-electron chi connectivity index (χ0n) is 44.6. The van der Waals surface area contributed by atoms with Crippen molar-refractivity contribution < 1.29 is 23.8 Å². The minimum Gasteiger partial charge on any atom is -0.462 e.